The molecule has 1 amide bonds. The summed E-state index contributed by atoms with van der Waals surface area (Å²) in [4.78, 5) is 28.2. The topological polar surface area (TPSA) is 81.6 Å². The Hall–Kier alpha value is -2.37. The van der Waals surface area contributed by atoms with Gasteiger partial charge < -0.3 is 9.45 Å². The largest absolute Gasteiger partial charge is 0.610 e. The van der Waals surface area contributed by atoms with Crippen LogP contribution < -0.4 is 4.90 Å². The zero-order valence-electron chi connectivity index (χ0n) is 16.7. The lowest BCUT2D eigenvalue weighted by Gasteiger charge is -2.36. The maximum absolute atomic E-state index is 15.0. The first-order valence-electron chi connectivity index (χ1n) is 9.80. The molecule has 2 aromatic rings. The molecule has 0 bridgehead atoms. The zero-order chi connectivity index (χ0) is 22.1. The molecule has 2 aliphatic rings. The van der Waals surface area contributed by atoms with Crippen LogP contribution in [0.1, 0.15) is 24.4 Å². The van der Waals surface area contributed by atoms with E-state index in [0.29, 0.717) is 23.8 Å². The van der Waals surface area contributed by atoms with Gasteiger partial charge in [-0.15, -0.1) is 0 Å². The van der Waals surface area contributed by atoms with E-state index in [1.807, 2.05) is 0 Å². The molecule has 2 fully saturated rings. The van der Waals surface area contributed by atoms with E-state index in [9.17, 15) is 18.1 Å². The number of aromatic nitrogens is 2. The van der Waals surface area contributed by atoms with Crippen molar-refractivity contribution in [3.63, 3.8) is 0 Å². The van der Waals surface area contributed by atoms with Crippen molar-refractivity contribution in [2.75, 3.05) is 30.9 Å². The number of benzene rings is 1. The third-order valence-electron chi connectivity index (χ3n) is 5.50. The van der Waals surface area contributed by atoms with E-state index in [4.69, 9.17) is 4.84 Å². The second-order valence-electron chi connectivity index (χ2n) is 7.53. The zero-order valence-corrected chi connectivity index (χ0v) is 17.5. The molecule has 0 N–H and O–H groups in total. The van der Waals surface area contributed by atoms with Crippen molar-refractivity contribution in [1.29, 1.82) is 0 Å². The van der Waals surface area contributed by atoms with Crippen LogP contribution in [0.15, 0.2) is 35.6 Å². The fraction of sp³-hybridized carbons (Fsp3) is 0.450. The van der Waals surface area contributed by atoms with E-state index in [2.05, 4.69) is 9.97 Å². The Morgan fingerprint density at radius 3 is 2.61 bits per heavy atom. The van der Waals surface area contributed by atoms with Crippen LogP contribution in [0.2, 0.25) is 0 Å². The van der Waals surface area contributed by atoms with Crippen LogP contribution in [-0.4, -0.2) is 57.6 Å². The minimum Gasteiger partial charge on any atom is -0.610 e. The fourth-order valence-corrected chi connectivity index (χ4v) is 4.44. The van der Waals surface area contributed by atoms with Crippen molar-refractivity contribution in [1.82, 2.24) is 15.0 Å². The van der Waals surface area contributed by atoms with Crippen LogP contribution in [0.5, 0.6) is 0 Å². The highest BCUT2D eigenvalue weighted by atomic mass is 32.2. The number of hydrogen-bond donors (Lipinski definition) is 0. The Kier molecular flexibility index (Phi) is 6.35. The van der Waals surface area contributed by atoms with Gasteiger partial charge in [-0.3, -0.25) is 9.63 Å². The molecule has 0 saturated carbocycles. The van der Waals surface area contributed by atoms with Crippen LogP contribution in [0.3, 0.4) is 0 Å². The molecule has 4 rings (SSSR count). The summed E-state index contributed by atoms with van der Waals surface area (Å²) in [6.07, 6.45) is 1.84. The summed E-state index contributed by atoms with van der Waals surface area (Å²) in [6.45, 7) is 0.481. The number of carbonyl (C=O) groups is 1. The molecule has 166 valence electrons. The monoisotopic (exact) mass is 454 g/mol. The summed E-state index contributed by atoms with van der Waals surface area (Å²) in [5.41, 5.74) is 0.275. The van der Waals surface area contributed by atoms with Gasteiger partial charge in [-0.25, -0.2) is 23.2 Å². The Balaban J connectivity index is 1.47. The standard InChI is InChI=1S/C20H21F3N4O3S/c1-31(29)19-9-18(24-11-25-19)26-4-2-15(16(23)10-26)20(28)27-17(3-5-30-27)12-6-13(21)8-14(22)7-12/h6-9,11,15-17H,2-5,10H2,1H3/t15-,16+,17-,31+/m1/s1. The molecule has 1 aromatic heterocycles. The molecular formula is C20H21F3N4O3S. The molecule has 0 unspecified atom stereocenters. The van der Waals surface area contributed by atoms with Crippen LogP contribution in [0.4, 0.5) is 19.0 Å². The lowest BCUT2D eigenvalue weighted by Crippen LogP contribution is -2.49. The second-order valence-corrected chi connectivity index (χ2v) is 8.86. The predicted octanol–water partition coefficient (Wildman–Crippen LogP) is 2.56. The average molecular weight is 454 g/mol. The van der Waals surface area contributed by atoms with Gasteiger partial charge in [-0.2, -0.15) is 4.98 Å². The van der Waals surface area contributed by atoms with E-state index in [-0.39, 0.29) is 25.1 Å². The van der Waals surface area contributed by atoms with Crippen LogP contribution in [0, 0.1) is 17.6 Å². The molecule has 31 heavy (non-hydrogen) atoms. The molecular weight excluding hydrogens is 433 g/mol. The maximum atomic E-state index is 15.0. The number of hydroxylamine groups is 2. The number of alkyl halides is 1. The highest BCUT2D eigenvalue weighted by molar-refractivity contribution is 7.90. The van der Waals surface area contributed by atoms with Crippen molar-refractivity contribution >= 4 is 22.9 Å². The van der Waals surface area contributed by atoms with E-state index >= 15 is 4.39 Å². The van der Waals surface area contributed by atoms with Crippen LogP contribution in [0.25, 0.3) is 0 Å². The normalized spacial score (nSPS) is 25.0. The Labute approximate surface area is 180 Å². The first-order chi connectivity index (χ1) is 14.8. The summed E-state index contributed by atoms with van der Waals surface area (Å²) < 4.78 is 53.9. The molecule has 11 heteroatoms. The molecule has 4 atom stereocenters. The Bertz CT molecular complexity index is 947. The third kappa shape index (κ3) is 4.63. The molecule has 2 saturated heterocycles. The van der Waals surface area contributed by atoms with Gasteiger partial charge in [0.25, 0.3) is 5.91 Å². The van der Waals surface area contributed by atoms with Gasteiger partial charge >= 0.3 is 0 Å². The SMILES string of the molecule is C[S@+]([O-])c1cc(N2CC[C@@H](C(=O)N3OCC[C@@H]3c3cc(F)cc(F)c3)[C@@H](F)C2)ncn1. The van der Waals surface area contributed by atoms with Gasteiger partial charge in [0.2, 0.25) is 5.03 Å². The molecule has 3 heterocycles. The Morgan fingerprint density at radius 2 is 1.94 bits per heavy atom. The van der Waals surface area contributed by atoms with Gasteiger partial charge in [-0.05, 0) is 24.1 Å². The quantitative estimate of drug-likeness (QED) is 0.522. The fourth-order valence-electron chi connectivity index (χ4n) is 3.97. The van der Waals surface area contributed by atoms with Gasteiger partial charge in [0.05, 0.1) is 31.2 Å². The van der Waals surface area contributed by atoms with E-state index in [0.717, 1.165) is 23.3 Å². The number of rotatable bonds is 4. The lowest BCUT2D eigenvalue weighted by molar-refractivity contribution is -0.184. The lowest BCUT2D eigenvalue weighted by atomic mass is 9.93. The molecule has 7 nitrogen and oxygen atoms in total. The number of hydrogen-bond acceptors (Lipinski definition) is 6. The number of amides is 1. The number of halogens is 3. The highest BCUT2D eigenvalue weighted by Gasteiger charge is 2.42. The van der Waals surface area contributed by atoms with Gasteiger partial charge in [0.1, 0.15) is 36.2 Å². The predicted molar refractivity (Wildman–Crippen MR) is 106 cm³/mol. The van der Waals surface area contributed by atoms with Gasteiger partial charge in [-0.1, -0.05) is 0 Å². The number of piperidine rings is 1. The summed E-state index contributed by atoms with van der Waals surface area (Å²) in [6, 6.07) is 3.94. The molecule has 0 spiro atoms. The summed E-state index contributed by atoms with van der Waals surface area (Å²) in [5.74, 6) is -2.54. The molecule has 1 aromatic carbocycles. The average Bonchev–Trinajstić information content (AvgIpc) is 3.22. The molecule has 0 aliphatic carbocycles. The number of anilines is 1. The molecule has 0 radical (unpaired) electrons. The minimum absolute atomic E-state index is 0.0731. The van der Waals surface area contributed by atoms with E-state index < -0.39 is 46.8 Å². The summed E-state index contributed by atoms with van der Waals surface area (Å²) in [5, 5.41) is 1.40. The summed E-state index contributed by atoms with van der Waals surface area (Å²) >= 11 is -1.30. The van der Waals surface area contributed by atoms with Crippen LogP contribution >= 0.6 is 0 Å². The Morgan fingerprint density at radius 1 is 1.19 bits per heavy atom. The highest BCUT2D eigenvalue weighted by Crippen LogP contribution is 2.35. The van der Waals surface area contributed by atoms with Gasteiger partial charge in [0.15, 0.2) is 0 Å². The minimum atomic E-state index is -1.50. The van der Waals surface area contributed by atoms with Gasteiger partial charge in [0, 0.05) is 30.2 Å². The van der Waals surface area contributed by atoms with Crippen molar-refractivity contribution in [3.8, 4) is 0 Å². The maximum Gasteiger partial charge on any atom is 0.252 e. The van der Waals surface area contributed by atoms with Crippen molar-refractivity contribution in [3.05, 3.63) is 47.8 Å². The van der Waals surface area contributed by atoms with Crippen molar-refractivity contribution in [2.45, 2.75) is 30.1 Å². The number of carbonyl (C=O) groups excluding carboxylic acids is 1. The van der Waals surface area contributed by atoms with Crippen molar-refractivity contribution < 1.29 is 27.4 Å². The second kappa shape index (κ2) is 9.01. The van der Waals surface area contributed by atoms with E-state index in [1.165, 1.54) is 12.6 Å². The summed E-state index contributed by atoms with van der Waals surface area (Å²) in [7, 11) is 0. The molecule has 2 aliphatic heterocycles. The van der Waals surface area contributed by atoms with E-state index in [1.54, 1.807) is 11.0 Å². The smallest absolute Gasteiger partial charge is 0.252 e. The van der Waals surface area contributed by atoms with Crippen molar-refractivity contribution in [2.24, 2.45) is 5.92 Å². The van der Waals surface area contributed by atoms with Crippen LogP contribution in [-0.2, 0) is 20.8 Å². The first-order valence-corrected chi connectivity index (χ1v) is 11.4. The number of nitrogens with zero attached hydrogens (tertiary/aromatic N) is 4. The first kappa shape index (κ1) is 21.8. The third-order valence-corrected chi connectivity index (χ3v) is 6.31.